The Balaban J connectivity index is 2.43. The maximum atomic E-state index is 11.3. The van der Waals surface area contributed by atoms with Gasteiger partial charge in [-0.1, -0.05) is 36.4 Å². The van der Waals surface area contributed by atoms with E-state index in [-0.39, 0.29) is 0 Å². The van der Waals surface area contributed by atoms with Crippen molar-refractivity contribution in [3.05, 3.63) is 64.2 Å². The van der Waals surface area contributed by atoms with E-state index in [4.69, 9.17) is 9.84 Å². The summed E-state index contributed by atoms with van der Waals surface area (Å²) in [5.41, 5.74) is 0.0455. The topological polar surface area (TPSA) is 89.7 Å². The number of hydrogen-bond donors (Lipinski definition) is 1. The molecule has 2 unspecified atom stereocenters. The first-order valence-corrected chi connectivity index (χ1v) is 6.35. The lowest BCUT2D eigenvalue weighted by atomic mass is 9.83. The van der Waals surface area contributed by atoms with Crippen molar-refractivity contribution in [2.75, 3.05) is 7.11 Å². The van der Waals surface area contributed by atoms with Gasteiger partial charge in [-0.2, -0.15) is 0 Å². The molecule has 21 heavy (non-hydrogen) atoms. The average Bonchev–Trinajstić information content (AvgIpc) is 2.47. The molecular weight excluding hydrogens is 274 g/mol. The second-order valence-corrected chi connectivity index (χ2v) is 4.78. The largest absolute Gasteiger partial charge is 0.481 e. The SMILES string of the molecule is COC1(CC(=O)O)C=CC(c2ccccc2)=CC1[N+](=O)[O-]. The van der Waals surface area contributed by atoms with Gasteiger partial charge in [0.1, 0.15) is 0 Å². The summed E-state index contributed by atoms with van der Waals surface area (Å²) in [6.07, 6.45) is 4.12. The first-order chi connectivity index (χ1) is 9.98. The van der Waals surface area contributed by atoms with Crippen molar-refractivity contribution in [1.82, 2.24) is 0 Å². The molecule has 0 saturated carbocycles. The summed E-state index contributed by atoms with van der Waals surface area (Å²) in [5.74, 6) is -1.15. The molecule has 1 aliphatic carbocycles. The summed E-state index contributed by atoms with van der Waals surface area (Å²) in [6, 6.07) is 7.94. The first-order valence-electron chi connectivity index (χ1n) is 6.35. The Morgan fingerprint density at radius 1 is 1.43 bits per heavy atom. The highest BCUT2D eigenvalue weighted by Crippen LogP contribution is 2.33. The zero-order chi connectivity index (χ0) is 15.5. The number of carbonyl (C=O) groups is 1. The third-order valence-corrected chi connectivity index (χ3v) is 3.52. The quantitative estimate of drug-likeness (QED) is 0.662. The zero-order valence-corrected chi connectivity index (χ0v) is 11.4. The van der Waals surface area contributed by atoms with E-state index in [1.807, 2.05) is 30.3 Å². The molecule has 1 aliphatic rings. The molecular formula is C15H15NO5. The van der Waals surface area contributed by atoms with Gasteiger partial charge in [0, 0.05) is 18.1 Å². The van der Waals surface area contributed by atoms with Crippen molar-refractivity contribution in [2.24, 2.45) is 0 Å². The predicted octanol–water partition coefficient (Wildman–Crippen LogP) is 2.14. The molecule has 0 aliphatic heterocycles. The van der Waals surface area contributed by atoms with Crippen molar-refractivity contribution in [2.45, 2.75) is 18.1 Å². The van der Waals surface area contributed by atoms with Crippen molar-refractivity contribution >= 4 is 11.5 Å². The second kappa shape index (κ2) is 5.88. The van der Waals surface area contributed by atoms with Gasteiger partial charge in [0.15, 0.2) is 5.60 Å². The van der Waals surface area contributed by atoms with E-state index in [1.54, 1.807) is 6.08 Å². The van der Waals surface area contributed by atoms with Crippen LogP contribution in [-0.4, -0.2) is 34.8 Å². The molecule has 0 saturated heterocycles. The third kappa shape index (κ3) is 3.00. The molecule has 0 fully saturated rings. The van der Waals surface area contributed by atoms with Gasteiger partial charge < -0.3 is 9.84 Å². The Hall–Kier alpha value is -2.47. The lowest BCUT2D eigenvalue weighted by Crippen LogP contribution is -2.48. The molecule has 0 aromatic heterocycles. The van der Waals surface area contributed by atoms with Crippen LogP contribution in [0.1, 0.15) is 12.0 Å². The summed E-state index contributed by atoms with van der Waals surface area (Å²) in [4.78, 5) is 21.8. The number of carboxylic acid groups (broad SMARTS) is 1. The maximum absolute atomic E-state index is 11.3. The van der Waals surface area contributed by atoms with Crippen molar-refractivity contribution < 1.29 is 19.6 Å². The van der Waals surface area contributed by atoms with Gasteiger partial charge in [-0.25, -0.2) is 0 Å². The van der Waals surface area contributed by atoms with Crippen LogP contribution in [-0.2, 0) is 9.53 Å². The molecule has 0 radical (unpaired) electrons. The maximum Gasteiger partial charge on any atom is 0.306 e. The standard InChI is InChI=1S/C15H15NO5/c1-21-15(10-14(17)18)8-7-12(9-13(15)16(19)20)11-5-3-2-4-6-11/h2-9,13H,10H2,1H3,(H,17,18). The van der Waals surface area contributed by atoms with Crippen LogP contribution in [0.15, 0.2) is 48.6 Å². The van der Waals surface area contributed by atoms with E-state index in [0.717, 1.165) is 5.56 Å². The number of rotatable bonds is 5. The highest BCUT2D eigenvalue weighted by molar-refractivity contribution is 5.77. The highest BCUT2D eigenvalue weighted by Gasteiger charge is 2.47. The van der Waals surface area contributed by atoms with Crippen LogP contribution < -0.4 is 0 Å². The fourth-order valence-corrected chi connectivity index (χ4v) is 2.42. The van der Waals surface area contributed by atoms with Gasteiger partial charge >= 0.3 is 5.97 Å². The lowest BCUT2D eigenvalue weighted by molar-refractivity contribution is -0.529. The van der Waals surface area contributed by atoms with Crippen LogP contribution in [0.4, 0.5) is 0 Å². The van der Waals surface area contributed by atoms with Crippen LogP contribution in [0.25, 0.3) is 5.57 Å². The number of carboxylic acids is 1. The Labute approximate surface area is 121 Å². The van der Waals surface area contributed by atoms with E-state index >= 15 is 0 Å². The molecule has 0 amide bonds. The highest BCUT2D eigenvalue weighted by atomic mass is 16.6. The fraction of sp³-hybridized carbons (Fsp3) is 0.267. The number of benzene rings is 1. The molecule has 0 spiro atoms. The van der Waals surface area contributed by atoms with Crippen LogP contribution >= 0.6 is 0 Å². The number of nitrogens with zero attached hydrogens (tertiary/aromatic N) is 1. The normalized spacial score (nSPS) is 24.4. The smallest absolute Gasteiger partial charge is 0.306 e. The number of nitro groups is 1. The van der Waals surface area contributed by atoms with Gasteiger partial charge in [0.2, 0.25) is 0 Å². The van der Waals surface area contributed by atoms with E-state index in [1.165, 1.54) is 19.3 Å². The summed E-state index contributed by atoms with van der Waals surface area (Å²) in [7, 11) is 1.28. The summed E-state index contributed by atoms with van der Waals surface area (Å²) < 4.78 is 5.19. The number of aliphatic carboxylic acids is 1. The zero-order valence-electron chi connectivity index (χ0n) is 11.4. The van der Waals surface area contributed by atoms with Gasteiger partial charge in [0.25, 0.3) is 6.04 Å². The summed E-state index contributed by atoms with van der Waals surface area (Å²) in [5, 5.41) is 20.3. The van der Waals surface area contributed by atoms with Gasteiger partial charge in [-0.15, -0.1) is 0 Å². The molecule has 0 bridgehead atoms. The number of ether oxygens (including phenoxy) is 1. The Morgan fingerprint density at radius 3 is 2.62 bits per heavy atom. The monoisotopic (exact) mass is 289 g/mol. The van der Waals surface area contributed by atoms with Crippen molar-refractivity contribution in [1.29, 1.82) is 0 Å². The molecule has 1 N–H and O–H groups in total. The molecule has 1 aromatic rings. The van der Waals surface area contributed by atoms with Crippen LogP contribution in [0.5, 0.6) is 0 Å². The molecule has 1 aromatic carbocycles. The fourth-order valence-electron chi connectivity index (χ4n) is 2.42. The van der Waals surface area contributed by atoms with E-state index in [2.05, 4.69) is 0 Å². The van der Waals surface area contributed by atoms with E-state index in [0.29, 0.717) is 5.57 Å². The molecule has 2 atom stereocenters. The lowest BCUT2D eigenvalue weighted by Gasteiger charge is -2.31. The minimum atomic E-state index is -1.46. The van der Waals surface area contributed by atoms with Crippen LogP contribution in [0.3, 0.4) is 0 Å². The number of methoxy groups -OCH3 is 1. The van der Waals surface area contributed by atoms with Crippen LogP contribution in [0, 0.1) is 10.1 Å². The Bertz CT molecular complexity index is 608. The average molecular weight is 289 g/mol. The van der Waals surface area contributed by atoms with Gasteiger partial charge in [-0.05, 0) is 17.2 Å². The van der Waals surface area contributed by atoms with Crippen LogP contribution in [0.2, 0.25) is 0 Å². The third-order valence-electron chi connectivity index (χ3n) is 3.52. The summed E-state index contributed by atoms with van der Waals surface area (Å²) in [6.45, 7) is 0. The van der Waals surface area contributed by atoms with E-state index < -0.39 is 29.0 Å². The second-order valence-electron chi connectivity index (χ2n) is 4.78. The number of hydrogen-bond acceptors (Lipinski definition) is 4. The number of allylic oxidation sites excluding steroid dienone is 2. The van der Waals surface area contributed by atoms with E-state index in [9.17, 15) is 14.9 Å². The minimum absolute atomic E-state index is 0.468. The molecule has 6 heteroatoms. The Kier molecular flexibility index (Phi) is 4.18. The minimum Gasteiger partial charge on any atom is -0.481 e. The van der Waals surface area contributed by atoms with Crippen molar-refractivity contribution in [3.8, 4) is 0 Å². The molecule has 6 nitrogen and oxygen atoms in total. The Morgan fingerprint density at radius 2 is 2.10 bits per heavy atom. The first kappa shape index (κ1) is 14.9. The molecule has 110 valence electrons. The van der Waals surface area contributed by atoms with Crippen molar-refractivity contribution in [3.63, 3.8) is 0 Å². The van der Waals surface area contributed by atoms with Gasteiger partial charge in [-0.3, -0.25) is 14.9 Å². The molecule has 2 rings (SSSR count). The predicted molar refractivity (Wildman–Crippen MR) is 76.3 cm³/mol. The summed E-state index contributed by atoms with van der Waals surface area (Å²) >= 11 is 0. The molecule has 0 heterocycles. The van der Waals surface area contributed by atoms with Gasteiger partial charge in [0.05, 0.1) is 6.42 Å².